The highest BCUT2D eigenvalue weighted by molar-refractivity contribution is 4.84. The lowest BCUT2D eigenvalue weighted by Crippen LogP contribution is -2.38. The van der Waals surface area contributed by atoms with Gasteiger partial charge < -0.3 is 5.32 Å². The molecule has 0 aliphatic heterocycles. The minimum atomic E-state index is 0.435. The molecule has 1 aliphatic rings. The van der Waals surface area contributed by atoms with Crippen LogP contribution >= 0.6 is 0 Å². The molecular formula is C10H21N. The molecule has 2 unspecified atom stereocenters. The zero-order chi connectivity index (χ0) is 8.32. The van der Waals surface area contributed by atoms with Crippen molar-refractivity contribution in [2.45, 2.75) is 51.5 Å². The fourth-order valence-electron chi connectivity index (χ4n) is 1.92. The van der Waals surface area contributed by atoms with Crippen LogP contribution in [0.3, 0.4) is 0 Å². The molecule has 1 fully saturated rings. The molecule has 11 heavy (non-hydrogen) atoms. The van der Waals surface area contributed by atoms with Crippen molar-refractivity contribution < 1.29 is 0 Å². The van der Waals surface area contributed by atoms with Crippen LogP contribution in [0.4, 0.5) is 0 Å². The highest BCUT2D eigenvalue weighted by atomic mass is 14.9. The molecule has 1 N–H and O–H groups in total. The van der Waals surface area contributed by atoms with Crippen molar-refractivity contribution in [3.8, 4) is 0 Å². The smallest absolute Gasteiger partial charge is 0.0150 e. The first-order chi connectivity index (χ1) is 5.16. The fourth-order valence-corrected chi connectivity index (χ4v) is 1.92. The summed E-state index contributed by atoms with van der Waals surface area (Å²) < 4.78 is 0. The lowest BCUT2D eigenvalue weighted by atomic mass is 9.92. The van der Waals surface area contributed by atoms with Gasteiger partial charge in [0.15, 0.2) is 0 Å². The highest BCUT2D eigenvalue weighted by Gasteiger charge is 2.24. The van der Waals surface area contributed by atoms with E-state index in [1.807, 2.05) is 0 Å². The van der Waals surface area contributed by atoms with Gasteiger partial charge >= 0.3 is 0 Å². The van der Waals surface area contributed by atoms with Crippen molar-refractivity contribution in [2.75, 3.05) is 7.05 Å². The zero-order valence-electron chi connectivity index (χ0n) is 8.11. The lowest BCUT2D eigenvalue weighted by Gasteiger charge is -2.27. The van der Waals surface area contributed by atoms with E-state index in [1.54, 1.807) is 0 Å². The minimum absolute atomic E-state index is 0.435. The van der Waals surface area contributed by atoms with Crippen LogP contribution in [0.25, 0.3) is 0 Å². The van der Waals surface area contributed by atoms with E-state index >= 15 is 0 Å². The van der Waals surface area contributed by atoms with Gasteiger partial charge in [0.2, 0.25) is 0 Å². The third-order valence-electron chi connectivity index (χ3n) is 3.22. The predicted octanol–water partition coefficient (Wildman–Crippen LogP) is 2.56. The lowest BCUT2D eigenvalue weighted by molar-refractivity contribution is 0.333. The molecule has 0 bridgehead atoms. The zero-order valence-corrected chi connectivity index (χ0v) is 8.11. The Hall–Kier alpha value is -0.0400. The minimum Gasteiger partial charge on any atom is -0.315 e. The summed E-state index contributed by atoms with van der Waals surface area (Å²) in [5, 5.41) is 3.44. The van der Waals surface area contributed by atoms with E-state index in [-0.39, 0.29) is 0 Å². The van der Waals surface area contributed by atoms with Crippen molar-refractivity contribution in [3.63, 3.8) is 0 Å². The van der Waals surface area contributed by atoms with Crippen molar-refractivity contribution in [2.24, 2.45) is 5.92 Å². The monoisotopic (exact) mass is 155 g/mol. The maximum absolute atomic E-state index is 3.44. The number of rotatable bonds is 1. The normalized spacial score (nSPS) is 40.1. The Bertz CT molecular complexity index is 122. The van der Waals surface area contributed by atoms with Crippen LogP contribution in [0.5, 0.6) is 0 Å². The van der Waals surface area contributed by atoms with Gasteiger partial charge in [0.05, 0.1) is 0 Å². The molecule has 2 atom stereocenters. The van der Waals surface area contributed by atoms with Gasteiger partial charge in [-0.2, -0.15) is 0 Å². The number of hydrogen-bond acceptors (Lipinski definition) is 1. The van der Waals surface area contributed by atoms with Gasteiger partial charge in [-0.15, -0.1) is 0 Å². The second-order valence-corrected chi connectivity index (χ2v) is 4.35. The topological polar surface area (TPSA) is 12.0 Å². The third kappa shape index (κ3) is 2.48. The van der Waals surface area contributed by atoms with E-state index < -0.39 is 0 Å². The molecule has 0 radical (unpaired) electrons. The second-order valence-electron chi connectivity index (χ2n) is 4.35. The van der Waals surface area contributed by atoms with Crippen molar-refractivity contribution in [3.05, 3.63) is 0 Å². The summed E-state index contributed by atoms with van der Waals surface area (Å²) >= 11 is 0. The highest BCUT2D eigenvalue weighted by Crippen LogP contribution is 2.29. The first-order valence-corrected chi connectivity index (χ1v) is 4.85. The molecule has 0 heterocycles. The Kier molecular flexibility index (Phi) is 2.94. The summed E-state index contributed by atoms with van der Waals surface area (Å²) in [5.41, 5.74) is 0.435. The molecule has 0 aromatic heterocycles. The molecule has 1 nitrogen and oxygen atoms in total. The maximum Gasteiger partial charge on any atom is 0.0150 e. The van der Waals surface area contributed by atoms with Gasteiger partial charge in [-0.25, -0.2) is 0 Å². The van der Waals surface area contributed by atoms with E-state index in [1.165, 1.54) is 32.1 Å². The van der Waals surface area contributed by atoms with Gasteiger partial charge in [0.25, 0.3) is 0 Å². The van der Waals surface area contributed by atoms with Crippen LogP contribution in [0.2, 0.25) is 0 Å². The Morgan fingerprint density at radius 1 is 1.27 bits per heavy atom. The Balaban J connectivity index is 2.45. The van der Waals surface area contributed by atoms with Crippen LogP contribution in [-0.4, -0.2) is 12.6 Å². The predicted molar refractivity (Wildman–Crippen MR) is 49.7 cm³/mol. The van der Waals surface area contributed by atoms with E-state index in [2.05, 4.69) is 26.2 Å². The summed E-state index contributed by atoms with van der Waals surface area (Å²) in [7, 11) is 2.09. The van der Waals surface area contributed by atoms with Gasteiger partial charge in [0.1, 0.15) is 0 Å². The standard InChI is InChI=1S/C10H21N/c1-9-5-4-7-10(2,11-3)8-6-9/h9,11H,4-8H2,1-3H3. The molecule has 0 aromatic carbocycles. The summed E-state index contributed by atoms with van der Waals surface area (Å²) in [4.78, 5) is 0. The van der Waals surface area contributed by atoms with Crippen LogP contribution in [-0.2, 0) is 0 Å². The Morgan fingerprint density at radius 3 is 2.64 bits per heavy atom. The Morgan fingerprint density at radius 2 is 2.00 bits per heavy atom. The van der Waals surface area contributed by atoms with Crippen LogP contribution < -0.4 is 5.32 Å². The van der Waals surface area contributed by atoms with Gasteiger partial charge in [-0.3, -0.25) is 0 Å². The van der Waals surface area contributed by atoms with Gasteiger partial charge in [-0.1, -0.05) is 19.8 Å². The largest absolute Gasteiger partial charge is 0.315 e. The van der Waals surface area contributed by atoms with Crippen molar-refractivity contribution in [1.82, 2.24) is 5.32 Å². The molecule has 1 rings (SSSR count). The quantitative estimate of drug-likeness (QED) is 0.574. The first-order valence-electron chi connectivity index (χ1n) is 4.85. The first kappa shape index (κ1) is 9.05. The average molecular weight is 155 g/mol. The summed E-state index contributed by atoms with van der Waals surface area (Å²) in [6, 6.07) is 0. The van der Waals surface area contributed by atoms with Crippen LogP contribution in [0.1, 0.15) is 46.0 Å². The van der Waals surface area contributed by atoms with E-state index in [4.69, 9.17) is 0 Å². The molecule has 1 aliphatic carbocycles. The second kappa shape index (κ2) is 3.57. The summed E-state index contributed by atoms with van der Waals surface area (Å²) in [5.74, 6) is 0.949. The SMILES string of the molecule is CNC1(C)CCCC(C)CC1. The van der Waals surface area contributed by atoms with E-state index in [9.17, 15) is 0 Å². The number of hydrogen-bond donors (Lipinski definition) is 1. The third-order valence-corrected chi connectivity index (χ3v) is 3.22. The van der Waals surface area contributed by atoms with Crippen molar-refractivity contribution >= 4 is 0 Å². The van der Waals surface area contributed by atoms with Crippen LogP contribution in [0.15, 0.2) is 0 Å². The Labute approximate surface area is 70.6 Å². The van der Waals surface area contributed by atoms with Gasteiger partial charge in [0, 0.05) is 5.54 Å². The average Bonchev–Trinajstić information content (AvgIpc) is 2.15. The molecule has 1 saturated carbocycles. The molecule has 0 amide bonds. The molecule has 0 spiro atoms. The van der Waals surface area contributed by atoms with E-state index in [0.29, 0.717) is 5.54 Å². The molecular weight excluding hydrogens is 134 g/mol. The summed E-state index contributed by atoms with van der Waals surface area (Å²) in [6.45, 7) is 4.73. The maximum atomic E-state index is 3.44. The van der Waals surface area contributed by atoms with Crippen LogP contribution in [0, 0.1) is 5.92 Å². The van der Waals surface area contributed by atoms with Gasteiger partial charge in [-0.05, 0) is 39.2 Å². The van der Waals surface area contributed by atoms with E-state index in [0.717, 1.165) is 5.92 Å². The molecule has 0 aromatic rings. The molecule has 0 saturated heterocycles. The molecule has 1 heteroatoms. The summed E-state index contributed by atoms with van der Waals surface area (Å²) in [6.07, 6.45) is 6.94. The number of nitrogens with one attached hydrogen (secondary N) is 1. The molecule has 66 valence electrons. The van der Waals surface area contributed by atoms with Crippen molar-refractivity contribution in [1.29, 1.82) is 0 Å². The fraction of sp³-hybridized carbons (Fsp3) is 1.00.